The molecule has 0 bridgehead atoms. The fraction of sp³-hybridized carbons (Fsp3) is 0.914. The summed E-state index contributed by atoms with van der Waals surface area (Å²) in [6.45, 7) is 17.1. The summed E-state index contributed by atoms with van der Waals surface area (Å²) in [5.74, 6) is 0.146. The molecule has 0 aliphatic carbocycles. The lowest BCUT2D eigenvalue weighted by molar-refractivity contribution is -0.118. The zero-order chi connectivity index (χ0) is 32.7. The van der Waals surface area contributed by atoms with Crippen molar-refractivity contribution in [3.63, 3.8) is 0 Å². The highest BCUT2D eigenvalue weighted by Crippen LogP contribution is 2.05. The lowest BCUT2D eigenvalue weighted by atomic mass is 10.2. The van der Waals surface area contributed by atoms with Crippen LogP contribution in [0.1, 0.15) is 97.8 Å². The normalized spacial score (nSPS) is 11.8. The lowest BCUT2D eigenvalue weighted by Crippen LogP contribution is -2.13. The molecular weight excluding hydrogens is 578 g/mol. The molecule has 0 fully saturated rings. The first-order valence-electron chi connectivity index (χ1n) is 17.7. The van der Waals surface area contributed by atoms with Crippen LogP contribution in [0, 0.1) is 0 Å². The third-order valence-electron chi connectivity index (χ3n) is 6.70. The van der Waals surface area contributed by atoms with Crippen molar-refractivity contribution in [1.82, 2.24) is 5.32 Å². The second kappa shape index (κ2) is 39.1. The SMILES string of the molecule is CCCCCN/C=C(\CCC)COCCOCCOCCOCCCCCOCCCCCOCCOCCOCCC(C)=O. The molecular formula is C35H69NO9. The quantitative estimate of drug-likeness (QED) is 0.0811. The highest BCUT2D eigenvalue weighted by Gasteiger charge is 1.99. The smallest absolute Gasteiger partial charge is 0.132 e. The Hall–Kier alpha value is -1.11. The van der Waals surface area contributed by atoms with Crippen LogP contribution >= 0.6 is 0 Å². The summed E-state index contributed by atoms with van der Waals surface area (Å²) in [6.07, 6.45) is 15.0. The molecule has 0 aliphatic rings. The summed E-state index contributed by atoms with van der Waals surface area (Å²) in [6, 6.07) is 0. The minimum absolute atomic E-state index is 0.146. The van der Waals surface area contributed by atoms with E-state index >= 15 is 0 Å². The van der Waals surface area contributed by atoms with Gasteiger partial charge in [0, 0.05) is 39.4 Å². The van der Waals surface area contributed by atoms with Crippen LogP contribution in [0.2, 0.25) is 0 Å². The van der Waals surface area contributed by atoms with Gasteiger partial charge in [0.2, 0.25) is 0 Å². The Morgan fingerprint density at radius 2 is 0.889 bits per heavy atom. The Labute approximate surface area is 275 Å². The molecule has 0 radical (unpaired) electrons. The van der Waals surface area contributed by atoms with Crippen LogP contribution in [-0.4, -0.2) is 118 Å². The second-order valence-electron chi connectivity index (χ2n) is 11.1. The van der Waals surface area contributed by atoms with Gasteiger partial charge >= 0.3 is 0 Å². The van der Waals surface area contributed by atoms with Crippen molar-refractivity contribution in [3.8, 4) is 0 Å². The van der Waals surface area contributed by atoms with Gasteiger partial charge in [-0.05, 0) is 70.1 Å². The van der Waals surface area contributed by atoms with Crippen LogP contribution in [0.25, 0.3) is 0 Å². The predicted molar refractivity (Wildman–Crippen MR) is 180 cm³/mol. The number of ether oxygens (including phenoxy) is 8. The van der Waals surface area contributed by atoms with Crippen LogP contribution in [0.4, 0.5) is 0 Å². The molecule has 0 rings (SSSR count). The molecule has 0 atom stereocenters. The van der Waals surface area contributed by atoms with Crippen molar-refractivity contribution in [2.45, 2.75) is 97.8 Å². The molecule has 0 aromatic carbocycles. The molecule has 268 valence electrons. The Morgan fingerprint density at radius 1 is 0.467 bits per heavy atom. The van der Waals surface area contributed by atoms with E-state index in [1.54, 1.807) is 6.92 Å². The number of carbonyl (C=O) groups is 1. The third kappa shape index (κ3) is 39.0. The number of Topliss-reactive ketones (excluding diaryl/α,β-unsaturated/α-hetero) is 1. The summed E-state index contributed by atoms with van der Waals surface area (Å²) in [5, 5.41) is 3.41. The summed E-state index contributed by atoms with van der Waals surface area (Å²) < 4.78 is 44.6. The zero-order valence-corrected chi connectivity index (χ0v) is 29.3. The van der Waals surface area contributed by atoms with Gasteiger partial charge in [-0.1, -0.05) is 33.1 Å². The van der Waals surface area contributed by atoms with E-state index in [0.29, 0.717) is 85.7 Å². The summed E-state index contributed by atoms with van der Waals surface area (Å²) in [7, 11) is 0. The van der Waals surface area contributed by atoms with Gasteiger partial charge < -0.3 is 43.2 Å². The Bertz CT molecular complexity index is 622. The summed E-state index contributed by atoms with van der Waals surface area (Å²) in [5.41, 5.74) is 1.32. The molecule has 1 N–H and O–H groups in total. The maximum atomic E-state index is 10.8. The largest absolute Gasteiger partial charge is 0.391 e. The highest BCUT2D eigenvalue weighted by atomic mass is 16.6. The zero-order valence-electron chi connectivity index (χ0n) is 29.3. The predicted octanol–water partition coefficient (Wildman–Crippen LogP) is 5.90. The number of rotatable bonds is 39. The van der Waals surface area contributed by atoms with E-state index in [-0.39, 0.29) is 5.78 Å². The van der Waals surface area contributed by atoms with Crippen LogP contribution < -0.4 is 5.32 Å². The number of nitrogens with one attached hydrogen (secondary N) is 1. The van der Waals surface area contributed by atoms with Gasteiger partial charge in [0.25, 0.3) is 0 Å². The molecule has 0 aromatic heterocycles. The van der Waals surface area contributed by atoms with E-state index in [1.807, 2.05) is 0 Å². The fourth-order valence-electron chi connectivity index (χ4n) is 4.09. The van der Waals surface area contributed by atoms with Crippen LogP contribution in [-0.2, 0) is 42.7 Å². The molecule has 0 aromatic rings. The molecule has 10 heteroatoms. The van der Waals surface area contributed by atoms with Crippen molar-refractivity contribution < 1.29 is 42.7 Å². The van der Waals surface area contributed by atoms with Crippen LogP contribution in [0.5, 0.6) is 0 Å². The van der Waals surface area contributed by atoms with E-state index in [2.05, 4.69) is 25.4 Å². The Morgan fingerprint density at radius 3 is 1.33 bits per heavy atom. The first-order chi connectivity index (χ1) is 22.2. The van der Waals surface area contributed by atoms with Gasteiger partial charge in [-0.2, -0.15) is 0 Å². The van der Waals surface area contributed by atoms with Crippen LogP contribution in [0.15, 0.2) is 11.8 Å². The molecule has 0 saturated heterocycles. The van der Waals surface area contributed by atoms with Crippen LogP contribution in [0.3, 0.4) is 0 Å². The topological polar surface area (TPSA) is 103 Å². The van der Waals surface area contributed by atoms with E-state index in [0.717, 1.165) is 84.3 Å². The number of hydrogen-bond donors (Lipinski definition) is 1. The minimum Gasteiger partial charge on any atom is -0.391 e. The van der Waals surface area contributed by atoms with Crippen molar-refractivity contribution in [3.05, 3.63) is 11.8 Å². The lowest BCUT2D eigenvalue weighted by Gasteiger charge is -2.10. The second-order valence-corrected chi connectivity index (χ2v) is 11.1. The molecule has 0 spiro atoms. The third-order valence-corrected chi connectivity index (χ3v) is 6.70. The fourth-order valence-corrected chi connectivity index (χ4v) is 4.09. The maximum absolute atomic E-state index is 10.8. The molecule has 10 nitrogen and oxygen atoms in total. The molecule has 0 saturated carbocycles. The first-order valence-corrected chi connectivity index (χ1v) is 17.7. The molecule has 0 heterocycles. The summed E-state index contributed by atoms with van der Waals surface area (Å²) in [4.78, 5) is 10.8. The molecule has 0 unspecified atom stereocenters. The van der Waals surface area contributed by atoms with Crippen molar-refractivity contribution in [2.75, 3.05) is 112 Å². The van der Waals surface area contributed by atoms with Gasteiger partial charge in [-0.3, -0.25) is 4.79 Å². The minimum atomic E-state index is 0.146. The molecule has 0 amide bonds. The van der Waals surface area contributed by atoms with Crippen molar-refractivity contribution in [2.24, 2.45) is 0 Å². The molecule has 45 heavy (non-hydrogen) atoms. The molecule has 0 aliphatic heterocycles. The van der Waals surface area contributed by atoms with Gasteiger partial charge in [0.1, 0.15) is 5.78 Å². The average Bonchev–Trinajstić information content (AvgIpc) is 3.03. The number of hydrogen-bond acceptors (Lipinski definition) is 10. The Balaban J connectivity index is 3.21. The van der Waals surface area contributed by atoms with Gasteiger partial charge in [-0.15, -0.1) is 0 Å². The average molecular weight is 648 g/mol. The number of carbonyl (C=O) groups excluding carboxylic acids is 1. The van der Waals surface area contributed by atoms with E-state index in [9.17, 15) is 4.79 Å². The van der Waals surface area contributed by atoms with Crippen molar-refractivity contribution in [1.29, 1.82) is 0 Å². The number of unbranched alkanes of at least 4 members (excludes halogenated alkanes) is 6. The first kappa shape index (κ1) is 43.9. The number of ketones is 1. The Kier molecular flexibility index (Phi) is 38.1. The van der Waals surface area contributed by atoms with Crippen molar-refractivity contribution >= 4 is 5.78 Å². The maximum Gasteiger partial charge on any atom is 0.132 e. The van der Waals surface area contributed by atoms with E-state index < -0.39 is 0 Å². The van der Waals surface area contributed by atoms with E-state index in [1.165, 1.54) is 24.8 Å². The summed E-state index contributed by atoms with van der Waals surface area (Å²) >= 11 is 0. The van der Waals surface area contributed by atoms with Gasteiger partial charge in [0.05, 0.1) is 79.3 Å². The van der Waals surface area contributed by atoms with E-state index in [4.69, 9.17) is 37.9 Å². The van der Waals surface area contributed by atoms with Gasteiger partial charge in [-0.25, -0.2) is 0 Å². The monoisotopic (exact) mass is 647 g/mol. The highest BCUT2D eigenvalue weighted by molar-refractivity contribution is 5.75. The standard InChI is InChI=1S/C35H69NO9/c1-4-6-9-16-36-32-35(14-5-2)33-45-31-30-44-29-28-43-26-23-40-20-13-8-11-18-38-17-10-7-12-19-39-22-25-42-27-24-41-21-15-34(3)37/h32,36H,4-31,33H2,1-3H3/b35-32+. The van der Waals surface area contributed by atoms with Gasteiger partial charge in [0.15, 0.2) is 0 Å².